The molecule has 1 aromatic heterocycles. The zero-order valence-electron chi connectivity index (χ0n) is 12.7. The molecule has 116 valence electrons. The van der Waals surface area contributed by atoms with Gasteiger partial charge in [-0.3, -0.25) is 9.17 Å². The van der Waals surface area contributed by atoms with Crippen LogP contribution in [-0.2, 0) is 26.6 Å². The summed E-state index contributed by atoms with van der Waals surface area (Å²) in [5.41, 5.74) is 1.25. The van der Waals surface area contributed by atoms with E-state index in [4.69, 9.17) is 8.92 Å². The molecule has 1 amide bonds. The number of hydrogen-bond donors (Lipinski definition) is 0. The van der Waals surface area contributed by atoms with E-state index >= 15 is 0 Å². The van der Waals surface area contributed by atoms with E-state index in [0.717, 1.165) is 15.6 Å². The molecule has 1 aliphatic heterocycles. The number of hydrogen-bond acceptors (Lipinski definition) is 5. The van der Waals surface area contributed by atoms with Crippen molar-refractivity contribution >= 4 is 17.4 Å². The van der Waals surface area contributed by atoms with Crippen LogP contribution in [0.4, 0.5) is 4.79 Å². The first-order valence-electron chi connectivity index (χ1n) is 6.75. The van der Waals surface area contributed by atoms with E-state index in [9.17, 15) is 9.00 Å². The predicted molar refractivity (Wildman–Crippen MR) is 78.6 cm³/mol. The zero-order chi connectivity index (χ0) is 15.6. The van der Waals surface area contributed by atoms with Crippen molar-refractivity contribution in [2.45, 2.75) is 45.8 Å². The third kappa shape index (κ3) is 4.25. The maximum absolute atomic E-state index is 12.1. The number of carbonyl (C=O) groups is 1. The van der Waals surface area contributed by atoms with Gasteiger partial charge in [0.2, 0.25) is 0 Å². The third-order valence-corrected chi connectivity index (χ3v) is 3.98. The molecule has 2 heterocycles. The van der Waals surface area contributed by atoms with E-state index < -0.39 is 23.0 Å². The lowest BCUT2D eigenvalue weighted by Gasteiger charge is -2.25. The molecule has 21 heavy (non-hydrogen) atoms. The van der Waals surface area contributed by atoms with Gasteiger partial charge in [0.15, 0.2) is 0 Å². The van der Waals surface area contributed by atoms with Gasteiger partial charge in [0.1, 0.15) is 5.60 Å². The fourth-order valence-corrected chi connectivity index (χ4v) is 2.86. The molecule has 1 fully saturated rings. The minimum atomic E-state index is -1.80. The van der Waals surface area contributed by atoms with E-state index in [1.165, 1.54) is 0 Å². The summed E-state index contributed by atoms with van der Waals surface area (Å²) in [7, 11) is 0. The van der Waals surface area contributed by atoms with Crippen LogP contribution in [0.5, 0.6) is 0 Å². The van der Waals surface area contributed by atoms with Crippen molar-refractivity contribution in [3.05, 3.63) is 29.6 Å². The van der Waals surface area contributed by atoms with Crippen molar-refractivity contribution in [2.24, 2.45) is 0 Å². The van der Waals surface area contributed by atoms with Gasteiger partial charge in [0.05, 0.1) is 12.6 Å². The van der Waals surface area contributed by atoms with Crippen LogP contribution in [0.25, 0.3) is 0 Å². The number of aryl methyl sites for hydroxylation is 1. The number of carbonyl (C=O) groups excluding carboxylic acids is 1. The highest BCUT2D eigenvalue weighted by Crippen LogP contribution is 2.22. The van der Waals surface area contributed by atoms with Crippen LogP contribution in [-0.4, -0.2) is 37.8 Å². The Morgan fingerprint density at radius 3 is 2.81 bits per heavy atom. The highest BCUT2D eigenvalue weighted by molar-refractivity contribution is 7.78. The summed E-state index contributed by atoms with van der Waals surface area (Å²) in [5, 5.41) is 0. The molecule has 0 aliphatic carbocycles. The summed E-state index contributed by atoms with van der Waals surface area (Å²) in [5.74, 6) is 0. The van der Waals surface area contributed by atoms with Gasteiger partial charge in [-0.15, -0.1) is 0 Å². The average molecular weight is 312 g/mol. The number of nitrogens with zero attached hydrogens (tertiary/aromatic N) is 2. The first kappa shape index (κ1) is 15.9. The molecule has 0 aromatic carbocycles. The molecule has 0 saturated carbocycles. The van der Waals surface area contributed by atoms with Crippen LogP contribution in [0.15, 0.2) is 18.3 Å². The Bertz CT molecular complexity index is 539. The summed E-state index contributed by atoms with van der Waals surface area (Å²) in [6, 6.07) is 3.53. The van der Waals surface area contributed by atoms with Gasteiger partial charge in [-0.1, -0.05) is 6.07 Å². The quantitative estimate of drug-likeness (QED) is 0.837. The van der Waals surface area contributed by atoms with Crippen molar-refractivity contribution in [3.8, 4) is 0 Å². The van der Waals surface area contributed by atoms with Crippen LogP contribution < -0.4 is 0 Å². The summed E-state index contributed by atoms with van der Waals surface area (Å²) < 4.78 is 23.4. The second-order valence-electron chi connectivity index (χ2n) is 5.97. The Kier molecular flexibility index (Phi) is 4.63. The molecular formula is C14H20N2O4S. The molecule has 6 nitrogen and oxygen atoms in total. The lowest BCUT2D eigenvalue weighted by molar-refractivity contribution is 0.0363. The third-order valence-electron chi connectivity index (χ3n) is 2.87. The second-order valence-corrected chi connectivity index (χ2v) is 7.04. The summed E-state index contributed by atoms with van der Waals surface area (Å²) in [6.45, 7) is 7.43. The normalized spacial score (nSPS) is 22.4. The van der Waals surface area contributed by atoms with Crippen molar-refractivity contribution in [1.29, 1.82) is 0 Å². The SMILES string of the molecule is Cc1ccc(CC2COS(=O)N2C(=O)OC(C)(C)C)cn1. The lowest BCUT2D eigenvalue weighted by atomic mass is 10.1. The van der Waals surface area contributed by atoms with E-state index in [1.54, 1.807) is 27.0 Å². The summed E-state index contributed by atoms with van der Waals surface area (Å²) in [6.07, 6.45) is 1.66. The first-order chi connectivity index (χ1) is 9.76. The van der Waals surface area contributed by atoms with Crippen molar-refractivity contribution in [1.82, 2.24) is 9.29 Å². The average Bonchev–Trinajstić information content (AvgIpc) is 2.71. The van der Waals surface area contributed by atoms with E-state index in [2.05, 4.69) is 4.98 Å². The number of aromatic nitrogens is 1. The number of ether oxygens (including phenoxy) is 1. The van der Waals surface area contributed by atoms with Gasteiger partial charge in [-0.05, 0) is 45.7 Å². The fourth-order valence-electron chi connectivity index (χ4n) is 1.93. The van der Waals surface area contributed by atoms with Crippen LogP contribution in [0, 0.1) is 6.92 Å². The number of rotatable bonds is 2. The van der Waals surface area contributed by atoms with Gasteiger partial charge in [0, 0.05) is 11.9 Å². The zero-order valence-corrected chi connectivity index (χ0v) is 13.5. The Morgan fingerprint density at radius 1 is 1.52 bits per heavy atom. The molecule has 2 unspecified atom stereocenters. The number of pyridine rings is 1. The monoisotopic (exact) mass is 312 g/mol. The van der Waals surface area contributed by atoms with Crippen LogP contribution in [0.2, 0.25) is 0 Å². The van der Waals surface area contributed by atoms with E-state index in [1.807, 2.05) is 19.1 Å². The van der Waals surface area contributed by atoms with Gasteiger partial charge >= 0.3 is 6.09 Å². The summed E-state index contributed by atoms with van der Waals surface area (Å²) in [4.78, 5) is 16.4. The van der Waals surface area contributed by atoms with Crippen LogP contribution in [0.1, 0.15) is 32.0 Å². The molecule has 2 rings (SSSR count). The standard InChI is InChI=1S/C14H20N2O4S/c1-10-5-6-11(8-15-10)7-12-9-19-21(18)16(12)13(17)20-14(2,3)4/h5-6,8,12H,7,9H2,1-4H3. The van der Waals surface area contributed by atoms with Crippen LogP contribution in [0.3, 0.4) is 0 Å². The highest BCUT2D eigenvalue weighted by Gasteiger charge is 2.39. The van der Waals surface area contributed by atoms with Gasteiger partial charge < -0.3 is 4.74 Å². The van der Waals surface area contributed by atoms with Crippen molar-refractivity contribution < 1.29 is 17.9 Å². The van der Waals surface area contributed by atoms with E-state index in [-0.39, 0.29) is 12.6 Å². The van der Waals surface area contributed by atoms with Crippen molar-refractivity contribution in [2.75, 3.05) is 6.61 Å². The van der Waals surface area contributed by atoms with Gasteiger partial charge in [0.25, 0.3) is 11.3 Å². The minimum Gasteiger partial charge on any atom is -0.443 e. The molecule has 0 radical (unpaired) electrons. The Morgan fingerprint density at radius 2 is 2.24 bits per heavy atom. The largest absolute Gasteiger partial charge is 0.443 e. The Hall–Kier alpha value is -1.47. The Balaban J connectivity index is 2.09. The first-order valence-corrected chi connectivity index (χ1v) is 7.78. The number of amides is 1. The van der Waals surface area contributed by atoms with Crippen LogP contribution >= 0.6 is 0 Å². The maximum atomic E-state index is 12.1. The smallest absolute Gasteiger partial charge is 0.424 e. The van der Waals surface area contributed by atoms with E-state index in [0.29, 0.717) is 6.42 Å². The molecule has 0 N–H and O–H groups in total. The molecule has 1 saturated heterocycles. The molecule has 2 atom stereocenters. The summed E-state index contributed by atoms with van der Waals surface area (Å²) >= 11 is -1.80. The molecule has 1 aliphatic rings. The molecule has 0 spiro atoms. The molecular weight excluding hydrogens is 292 g/mol. The van der Waals surface area contributed by atoms with Gasteiger partial charge in [-0.2, -0.15) is 4.31 Å². The predicted octanol–water partition coefficient (Wildman–Crippen LogP) is 2.15. The molecule has 0 bridgehead atoms. The fraction of sp³-hybridized carbons (Fsp3) is 0.571. The maximum Gasteiger partial charge on any atom is 0.424 e. The van der Waals surface area contributed by atoms with Gasteiger partial charge in [-0.25, -0.2) is 9.00 Å². The highest BCUT2D eigenvalue weighted by atomic mass is 32.2. The second kappa shape index (κ2) is 6.11. The Labute approximate surface area is 127 Å². The topological polar surface area (TPSA) is 68.7 Å². The van der Waals surface area contributed by atoms with Crippen molar-refractivity contribution in [3.63, 3.8) is 0 Å². The minimum absolute atomic E-state index is 0.222. The molecule has 1 aromatic rings. The lowest BCUT2D eigenvalue weighted by Crippen LogP contribution is -2.41. The molecule has 7 heteroatoms.